The lowest BCUT2D eigenvalue weighted by atomic mass is 9.96. The Labute approximate surface area is 560 Å². The molecule has 0 aromatic rings. The largest absolute Gasteiger partial charge is 0.394 e. The number of ether oxygens (including phenoxy) is 6. The summed E-state index contributed by atoms with van der Waals surface area (Å²) in [4.78, 5) is 13.4. The molecule has 12 N–H and O–H groups in total. The summed E-state index contributed by atoms with van der Waals surface area (Å²) >= 11 is 0. The minimum absolute atomic E-state index is 0.245. The second-order valence-electron chi connectivity index (χ2n) is 26.4. The van der Waals surface area contributed by atoms with Crippen LogP contribution in [0.3, 0.4) is 0 Å². The molecule has 17 unspecified atom stereocenters. The normalized spacial score (nSPS) is 27.9. The van der Waals surface area contributed by atoms with Crippen molar-refractivity contribution >= 4 is 5.91 Å². The Morgan fingerprint density at radius 2 is 0.742 bits per heavy atom. The number of hydrogen-bond donors (Lipinski definition) is 12. The van der Waals surface area contributed by atoms with Crippen molar-refractivity contribution in [3.05, 3.63) is 60.8 Å². The van der Waals surface area contributed by atoms with Crippen LogP contribution in [-0.4, -0.2) is 193 Å². The van der Waals surface area contributed by atoms with Gasteiger partial charge in [0.05, 0.1) is 38.6 Å². The van der Waals surface area contributed by atoms with Gasteiger partial charge in [-0.1, -0.05) is 267 Å². The van der Waals surface area contributed by atoms with Crippen molar-refractivity contribution < 1.29 is 89.4 Å². The monoisotopic (exact) mass is 1320 g/mol. The highest BCUT2D eigenvalue weighted by Gasteiger charge is 2.53. The predicted octanol–water partition coefficient (Wildman–Crippen LogP) is 10.7. The molecule has 0 spiro atoms. The number of carbonyl (C=O) groups excluding carboxylic acids is 1. The molecule has 0 saturated carbocycles. The van der Waals surface area contributed by atoms with Gasteiger partial charge in [0.25, 0.3) is 0 Å². The molecule has 3 rings (SSSR count). The van der Waals surface area contributed by atoms with E-state index in [-0.39, 0.29) is 18.9 Å². The van der Waals surface area contributed by atoms with Gasteiger partial charge < -0.3 is 89.9 Å². The molecule has 19 heteroatoms. The first-order valence-electron chi connectivity index (χ1n) is 37.0. The Kier molecular flexibility index (Phi) is 50.4. The average molecular weight is 1320 g/mol. The zero-order valence-corrected chi connectivity index (χ0v) is 57.5. The van der Waals surface area contributed by atoms with Gasteiger partial charge in [0.2, 0.25) is 5.91 Å². The summed E-state index contributed by atoms with van der Waals surface area (Å²) in [7, 11) is 0. The molecule has 3 aliphatic heterocycles. The summed E-state index contributed by atoms with van der Waals surface area (Å²) in [5, 5.41) is 121. The van der Waals surface area contributed by atoms with Crippen molar-refractivity contribution in [3.8, 4) is 0 Å². The molecule has 17 atom stereocenters. The molecule has 3 saturated heterocycles. The third kappa shape index (κ3) is 36.8. The smallest absolute Gasteiger partial charge is 0.220 e. The van der Waals surface area contributed by atoms with Gasteiger partial charge in [0, 0.05) is 6.42 Å². The SMILES string of the molecule is CC/C=C\C/C=C\C/C=C\C/C=C\CCCCCCCCCCCCCCCCCCCCCCC(=O)NC(COC1OC(CO)C(OC2OC(CO)C(OC3OC(CO)C(O)C(O)C3O)C(O)C2O)C(O)C1O)C(O)/C=C/CCCCCCCCCCCCCCC. The first kappa shape index (κ1) is 84.7. The van der Waals surface area contributed by atoms with E-state index in [1.165, 1.54) is 173 Å². The van der Waals surface area contributed by atoms with Crippen LogP contribution in [0.4, 0.5) is 0 Å². The molecule has 1 amide bonds. The lowest BCUT2D eigenvalue weighted by Crippen LogP contribution is -2.66. The summed E-state index contributed by atoms with van der Waals surface area (Å²) in [6.45, 7) is 1.64. The third-order valence-electron chi connectivity index (χ3n) is 18.3. The number of rotatable bonds is 57. The number of unbranched alkanes of at least 4 members (excludes halogenated alkanes) is 33. The van der Waals surface area contributed by atoms with E-state index in [1.54, 1.807) is 6.08 Å². The molecular weight excluding hydrogens is 1190 g/mol. The number of aliphatic hydroxyl groups excluding tert-OH is 11. The van der Waals surface area contributed by atoms with Gasteiger partial charge in [-0.05, 0) is 57.8 Å². The van der Waals surface area contributed by atoms with Crippen LogP contribution in [0.2, 0.25) is 0 Å². The van der Waals surface area contributed by atoms with E-state index in [1.807, 2.05) is 6.08 Å². The molecule has 0 aromatic heterocycles. The third-order valence-corrected chi connectivity index (χ3v) is 18.3. The zero-order valence-electron chi connectivity index (χ0n) is 57.5. The van der Waals surface area contributed by atoms with E-state index < -0.39 is 124 Å². The van der Waals surface area contributed by atoms with Gasteiger partial charge in [0.1, 0.15) is 73.2 Å². The molecule has 0 aromatic carbocycles. The van der Waals surface area contributed by atoms with Crippen molar-refractivity contribution in [2.75, 3.05) is 26.4 Å². The maximum absolute atomic E-state index is 13.4. The number of aliphatic hydroxyl groups is 11. The lowest BCUT2D eigenvalue weighted by Gasteiger charge is -2.48. The first-order valence-corrected chi connectivity index (χ1v) is 37.0. The number of hydrogen-bond acceptors (Lipinski definition) is 18. The summed E-state index contributed by atoms with van der Waals surface area (Å²) in [6.07, 6.45) is 42.1. The molecular formula is C74H133NO18. The number of allylic oxidation sites excluding steroid dienone is 9. The van der Waals surface area contributed by atoms with Crippen molar-refractivity contribution in [1.29, 1.82) is 0 Å². The molecule has 542 valence electrons. The van der Waals surface area contributed by atoms with Gasteiger partial charge in [-0.25, -0.2) is 0 Å². The van der Waals surface area contributed by atoms with Gasteiger partial charge in [-0.2, -0.15) is 0 Å². The topological polar surface area (TPSA) is 307 Å². The molecule has 3 fully saturated rings. The van der Waals surface area contributed by atoms with Crippen LogP contribution in [0.1, 0.15) is 271 Å². The Morgan fingerprint density at radius 1 is 0.398 bits per heavy atom. The average Bonchev–Trinajstić information content (AvgIpc) is 0.902. The van der Waals surface area contributed by atoms with Crippen LogP contribution >= 0.6 is 0 Å². The molecule has 3 heterocycles. The Hall–Kier alpha value is -2.51. The van der Waals surface area contributed by atoms with Crippen molar-refractivity contribution in [3.63, 3.8) is 0 Å². The van der Waals surface area contributed by atoms with Gasteiger partial charge in [-0.3, -0.25) is 4.79 Å². The number of nitrogens with one attached hydrogen (secondary N) is 1. The molecule has 19 nitrogen and oxygen atoms in total. The fourth-order valence-electron chi connectivity index (χ4n) is 12.4. The van der Waals surface area contributed by atoms with E-state index >= 15 is 0 Å². The fourth-order valence-corrected chi connectivity index (χ4v) is 12.4. The maximum Gasteiger partial charge on any atom is 0.220 e. The zero-order chi connectivity index (χ0) is 67.5. The van der Waals surface area contributed by atoms with Crippen LogP contribution in [0.5, 0.6) is 0 Å². The van der Waals surface area contributed by atoms with Crippen LogP contribution in [-0.2, 0) is 33.2 Å². The molecule has 0 bridgehead atoms. The minimum atomic E-state index is -1.98. The number of amides is 1. The van der Waals surface area contributed by atoms with E-state index in [2.05, 4.69) is 67.8 Å². The maximum atomic E-state index is 13.4. The standard InChI is InChI=1S/C74H133NO18/c1-3-5-7-9-11-13-15-17-19-20-21-22-23-24-25-26-27-28-29-30-31-32-33-34-35-36-38-40-42-44-46-48-50-52-62(80)75-57(58(79)51-49-47-45-43-41-39-37-18-16-14-12-10-8-6-4-2)56-88-72-68(86)65(83)70(60(54-77)90-72)93-74-69(87)66(84)71(61(55-78)91-74)92-73-67(85)64(82)63(81)59(53-76)89-73/h5,7,11,13,17,19,21-22,49,51,57-61,63-74,76-79,81-87H,3-4,6,8-10,12,14-16,18,20,23-48,50,52-56H2,1-2H3,(H,75,80)/b7-5-,13-11-,19-17-,22-21-,51-49+. The fraction of sp³-hybridized carbons (Fsp3) is 0.851. The summed E-state index contributed by atoms with van der Waals surface area (Å²) in [5.41, 5.74) is 0. The predicted molar refractivity (Wildman–Crippen MR) is 365 cm³/mol. The first-order chi connectivity index (χ1) is 45.3. The highest BCUT2D eigenvalue weighted by Crippen LogP contribution is 2.33. The molecule has 93 heavy (non-hydrogen) atoms. The van der Waals surface area contributed by atoms with E-state index in [4.69, 9.17) is 28.4 Å². The summed E-state index contributed by atoms with van der Waals surface area (Å²) < 4.78 is 34.4. The van der Waals surface area contributed by atoms with Crippen LogP contribution in [0.15, 0.2) is 60.8 Å². The highest BCUT2D eigenvalue weighted by atomic mass is 16.8. The second kappa shape index (κ2) is 55.4. The summed E-state index contributed by atoms with van der Waals surface area (Å²) in [6, 6.07) is -0.973. The van der Waals surface area contributed by atoms with Gasteiger partial charge in [-0.15, -0.1) is 0 Å². The van der Waals surface area contributed by atoms with E-state index in [0.717, 1.165) is 70.6 Å². The van der Waals surface area contributed by atoms with Crippen molar-refractivity contribution in [2.24, 2.45) is 0 Å². The van der Waals surface area contributed by atoms with Gasteiger partial charge >= 0.3 is 0 Å². The second-order valence-corrected chi connectivity index (χ2v) is 26.4. The van der Waals surface area contributed by atoms with Crippen LogP contribution in [0, 0.1) is 0 Å². The Morgan fingerprint density at radius 3 is 1.16 bits per heavy atom. The Balaban J connectivity index is 1.35. The minimum Gasteiger partial charge on any atom is -0.394 e. The molecule has 3 aliphatic rings. The number of carbonyl (C=O) groups is 1. The van der Waals surface area contributed by atoms with Gasteiger partial charge in [0.15, 0.2) is 18.9 Å². The molecule has 0 aliphatic carbocycles. The van der Waals surface area contributed by atoms with Crippen molar-refractivity contribution in [1.82, 2.24) is 5.32 Å². The van der Waals surface area contributed by atoms with Crippen LogP contribution in [0.25, 0.3) is 0 Å². The summed E-state index contributed by atoms with van der Waals surface area (Å²) in [5.74, 6) is -0.273. The lowest BCUT2D eigenvalue weighted by molar-refractivity contribution is -0.379. The Bertz CT molecular complexity index is 1920. The quantitative estimate of drug-likeness (QED) is 0.0199. The van der Waals surface area contributed by atoms with E-state index in [9.17, 15) is 61.0 Å². The highest BCUT2D eigenvalue weighted by molar-refractivity contribution is 5.76. The van der Waals surface area contributed by atoms with Crippen LogP contribution < -0.4 is 5.32 Å². The van der Waals surface area contributed by atoms with Crippen molar-refractivity contribution in [2.45, 2.75) is 375 Å². The molecule has 0 radical (unpaired) electrons. The van der Waals surface area contributed by atoms with E-state index in [0.29, 0.717) is 6.42 Å².